The molecule has 4 heteroatoms. The minimum atomic E-state index is -1.32. The maximum Gasteiger partial charge on any atom is 0.124 e. The Kier molecular flexibility index (Phi) is 3.57. The molecule has 1 aliphatic carbocycles. The van der Waals surface area contributed by atoms with Gasteiger partial charge in [0.1, 0.15) is 5.82 Å². The van der Waals surface area contributed by atoms with Crippen molar-refractivity contribution in [3.8, 4) is 0 Å². The fraction of sp³-hybridized carbons (Fsp3) is 0.250. The predicted molar refractivity (Wildman–Crippen MR) is 79.4 cm³/mol. The summed E-state index contributed by atoms with van der Waals surface area (Å²) in [6.07, 6.45) is 3.42. The highest BCUT2D eigenvalue weighted by atomic mass is 32.2. The van der Waals surface area contributed by atoms with Gasteiger partial charge in [0, 0.05) is 5.69 Å². The fourth-order valence-electron chi connectivity index (χ4n) is 2.65. The van der Waals surface area contributed by atoms with E-state index in [1.165, 1.54) is 35.7 Å². The zero-order valence-electron chi connectivity index (χ0n) is 11.1. The molecule has 2 nitrogen and oxygen atoms in total. The van der Waals surface area contributed by atoms with Crippen LogP contribution < -0.4 is 5.73 Å². The predicted octanol–water partition coefficient (Wildman–Crippen LogP) is 3.20. The fourth-order valence-corrected chi connectivity index (χ4v) is 3.86. The van der Waals surface area contributed by atoms with Crippen LogP contribution in [0.25, 0.3) is 0 Å². The van der Waals surface area contributed by atoms with E-state index in [1.807, 2.05) is 6.07 Å². The molecule has 2 N–H and O–H groups in total. The van der Waals surface area contributed by atoms with Crippen LogP contribution in [-0.4, -0.2) is 4.21 Å². The van der Waals surface area contributed by atoms with Crippen LogP contribution in [-0.2, 0) is 29.4 Å². The lowest BCUT2D eigenvalue weighted by Gasteiger charge is -2.08. The second-order valence-corrected chi connectivity index (χ2v) is 6.55. The van der Waals surface area contributed by atoms with Crippen LogP contribution in [0.3, 0.4) is 0 Å². The summed E-state index contributed by atoms with van der Waals surface area (Å²) in [4.78, 5) is 0.380. The Morgan fingerprint density at radius 2 is 1.90 bits per heavy atom. The zero-order valence-corrected chi connectivity index (χ0v) is 11.9. The quantitative estimate of drug-likeness (QED) is 0.882. The molecule has 1 aliphatic rings. The number of fused-ring (bicyclic) bond motifs is 1. The molecule has 1 atom stereocenters. The number of nitrogen functional groups attached to an aromatic ring is 1. The summed E-state index contributed by atoms with van der Waals surface area (Å²) in [5.74, 6) is -0.0301. The molecule has 2 aromatic carbocycles. The summed E-state index contributed by atoms with van der Waals surface area (Å²) in [5, 5.41) is 0. The Balaban J connectivity index is 1.84. The summed E-state index contributed by atoms with van der Waals surface area (Å²) in [5.41, 5.74) is 9.92. The van der Waals surface area contributed by atoms with Crippen molar-refractivity contribution in [1.82, 2.24) is 0 Å². The number of halogens is 1. The summed E-state index contributed by atoms with van der Waals surface area (Å²) in [6.45, 7) is 0. The molecule has 104 valence electrons. The van der Waals surface area contributed by atoms with Crippen molar-refractivity contribution in [1.29, 1.82) is 0 Å². The van der Waals surface area contributed by atoms with E-state index < -0.39 is 16.6 Å². The van der Waals surface area contributed by atoms with Gasteiger partial charge < -0.3 is 5.73 Å². The number of hydrogen-bond donors (Lipinski definition) is 1. The van der Waals surface area contributed by atoms with Crippen LogP contribution in [0.5, 0.6) is 0 Å². The highest BCUT2D eigenvalue weighted by Crippen LogP contribution is 2.25. The zero-order chi connectivity index (χ0) is 14.1. The summed E-state index contributed by atoms with van der Waals surface area (Å²) in [7, 11) is -1.32. The van der Waals surface area contributed by atoms with Gasteiger partial charge in [-0.1, -0.05) is 18.2 Å². The van der Waals surface area contributed by atoms with Gasteiger partial charge in [0.15, 0.2) is 0 Å². The molecule has 0 spiro atoms. The molecule has 1 unspecified atom stereocenters. The van der Waals surface area contributed by atoms with Crippen molar-refractivity contribution in [3.05, 3.63) is 58.9 Å². The van der Waals surface area contributed by atoms with E-state index in [1.54, 1.807) is 0 Å². The molecule has 0 saturated carbocycles. The van der Waals surface area contributed by atoms with Gasteiger partial charge in [-0.3, -0.25) is 4.21 Å². The second kappa shape index (κ2) is 5.37. The molecule has 0 amide bonds. The minimum absolute atomic E-state index is 0.376. The van der Waals surface area contributed by atoms with Crippen molar-refractivity contribution in [3.63, 3.8) is 0 Å². The molecule has 0 radical (unpaired) electrons. The standard InChI is InChI=1S/C16H16FNOS/c17-14-6-7-15(18)16(9-14)20(19)10-11-4-5-12-2-1-3-13(12)8-11/h4-9H,1-3,10,18H2. The second-order valence-electron chi connectivity index (χ2n) is 5.13. The molecular formula is C16H16FNOS. The summed E-state index contributed by atoms with van der Waals surface area (Å²) in [6, 6.07) is 10.3. The molecule has 2 aromatic rings. The number of aryl methyl sites for hydroxylation is 2. The van der Waals surface area contributed by atoms with E-state index in [4.69, 9.17) is 5.73 Å². The number of hydrogen-bond acceptors (Lipinski definition) is 2. The third-order valence-corrected chi connectivity index (χ3v) is 5.12. The van der Waals surface area contributed by atoms with Gasteiger partial charge in [0.25, 0.3) is 0 Å². The van der Waals surface area contributed by atoms with E-state index in [2.05, 4.69) is 12.1 Å². The Morgan fingerprint density at radius 3 is 2.75 bits per heavy atom. The summed E-state index contributed by atoms with van der Waals surface area (Å²) < 4.78 is 25.6. The first-order valence-electron chi connectivity index (χ1n) is 6.67. The van der Waals surface area contributed by atoms with Crippen molar-refractivity contribution >= 4 is 16.5 Å². The SMILES string of the molecule is Nc1ccc(F)cc1S(=O)Cc1ccc2c(c1)CCC2. The summed E-state index contributed by atoms with van der Waals surface area (Å²) >= 11 is 0. The van der Waals surface area contributed by atoms with Crippen LogP contribution in [0.2, 0.25) is 0 Å². The Labute approximate surface area is 120 Å². The smallest absolute Gasteiger partial charge is 0.124 e. The molecule has 0 fully saturated rings. The van der Waals surface area contributed by atoms with E-state index in [0.29, 0.717) is 16.3 Å². The lowest BCUT2D eigenvalue weighted by atomic mass is 10.1. The molecule has 0 heterocycles. The maximum atomic E-state index is 13.2. The lowest BCUT2D eigenvalue weighted by Crippen LogP contribution is -2.02. The van der Waals surface area contributed by atoms with Crippen LogP contribution >= 0.6 is 0 Å². The molecule has 0 saturated heterocycles. The van der Waals surface area contributed by atoms with Crippen LogP contribution in [0.15, 0.2) is 41.3 Å². The van der Waals surface area contributed by atoms with Gasteiger partial charge in [0.05, 0.1) is 21.4 Å². The van der Waals surface area contributed by atoms with Crippen molar-refractivity contribution in [2.45, 2.75) is 29.9 Å². The van der Waals surface area contributed by atoms with Crippen molar-refractivity contribution < 1.29 is 8.60 Å². The van der Waals surface area contributed by atoms with E-state index >= 15 is 0 Å². The van der Waals surface area contributed by atoms with Gasteiger partial charge >= 0.3 is 0 Å². The van der Waals surface area contributed by atoms with Gasteiger partial charge in [0.2, 0.25) is 0 Å². The van der Waals surface area contributed by atoms with E-state index in [0.717, 1.165) is 18.4 Å². The van der Waals surface area contributed by atoms with Crippen molar-refractivity contribution in [2.24, 2.45) is 0 Å². The number of anilines is 1. The monoisotopic (exact) mass is 289 g/mol. The number of nitrogens with two attached hydrogens (primary N) is 1. The Morgan fingerprint density at radius 1 is 1.10 bits per heavy atom. The average Bonchev–Trinajstić information content (AvgIpc) is 2.89. The van der Waals surface area contributed by atoms with Crippen molar-refractivity contribution in [2.75, 3.05) is 5.73 Å². The van der Waals surface area contributed by atoms with E-state index in [-0.39, 0.29) is 0 Å². The van der Waals surface area contributed by atoms with Gasteiger partial charge in [-0.2, -0.15) is 0 Å². The molecule has 20 heavy (non-hydrogen) atoms. The first-order valence-corrected chi connectivity index (χ1v) is 7.99. The van der Waals surface area contributed by atoms with Gasteiger partial charge in [-0.25, -0.2) is 4.39 Å². The first-order chi connectivity index (χ1) is 9.63. The molecular weight excluding hydrogens is 273 g/mol. The molecule has 0 aliphatic heterocycles. The van der Waals surface area contributed by atoms with Crippen LogP contribution in [0.4, 0.5) is 10.1 Å². The Hall–Kier alpha value is -1.68. The number of benzene rings is 2. The molecule has 3 rings (SSSR count). The third-order valence-electron chi connectivity index (χ3n) is 3.68. The topological polar surface area (TPSA) is 43.1 Å². The Bertz CT molecular complexity index is 684. The first kappa shape index (κ1) is 13.3. The van der Waals surface area contributed by atoms with Gasteiger partial charge in [-0.05, 0) is 54.2 Å². The number of rotatable bonds is 3. The highest BCUT2D eigenvalue weighted by molar-refractivity contribution is 7.84. The molecule has 0 bridgehead atoms. The highest BCUT2D eigenvalue weighted by Gasteiger charge is 2.14. The average molecular weight is 289 g/mol. The molecule has 0 aromatic heterocycles. The maximum absolute atomic E-state index is 13.2. The lowest BCUT2D eigenvalue weighted by molar-refractivity contribution is 0.623. The van der Waals surface area contributed by atoms with Crippen LogP contribution in [0.1, 0.15) is 23.1 Å². The third kappa shape index (κ3) is 2.61. The largest absolute Gasteiger partial charge is 0.398 e. The normalized spacial score (nSPS) is 15.1. The van der Waals surface area contributed by atoms with Crippen LogP contribution in [0, 0.1) is 5.82 Å². The van der Waals surface area contributed by atoms with Gasteiger partial charge in [-0.15, -0.1) is 0 Å². The minimum Gasteiger partial charge on any atom is -0.398 e. The van der Waals surface area contributed by atoms with E-state index in [9.17, 15) is 8.60 Å².